The summed E-state index contributed by atoms with van der Waals surface area (Å²) in [5, 5.41) is 6.27. The van der Waals surface area contributed by atoms with Crippen LogP contribution in [0.4, 0.5) is 0 Å². The first-order valence-corrected chi connectivity index (χ1v) is 10.4. The largest absolute Gasteiger partial charge is 0.497 e. The Labute approximate surface area is 183 Å². The van der Waals surface area contributed by atoms with Crippen LogP contribution in [0.3, 0.4) is 0 Å². The van der Waals surface area contributed by atoms with Crippen LogP contribution in [0.15, 0.2) is 82.0 Å². The van der Waals surface area contributed by atoms with Crippen molar-refractivity contribution < 1.29 is 9.53 Å². The van der Waals surface area contributed by atoms with Crippen molar-refractivity contribution in [3.8, 4) is 5.75 Å². The number of benzene rings is 2. The second kappa shape index (κ2) is 8.34. The van der Waals surface area contributed by atoms with Crippen LogP contribution < -0.4 is 4.74 Å². The van der Waals surface area contributed by atoms with Gasteiger partial charge in [0.1, 0.15) is 11.4 Å². The zero-order valence-electron chi connectivity index (χ0n) is 18.4. The van der Waals surface area contributed by atoms with Crippen LogP contribution >= 0.6 is 0 Å². The zero-order chi connectivity index (χ0) is 22.0. The van der Waals surface area contributed by atoms with E-state index in [9.17, 15) is 4.79 Å². The number of hydrogen-bond donors (Lipinski definition) is 0. The number of ether oxygens (including phenoxy) is 1. The Bertz CT molecular complexity index is 1110. The number of carbonyl (C=O) groups excluding carboxylic acids is 1. The molecule has 31 heavy (non-hydrogen) atoms. The molecule has 1 amide bonds. The molecular weight excluding hydrogens is 386 g/mol. The van der Waals surface area contributed by atoms with Crippen molar-refractivity contribution in [2.45, 2.75) is 33.6 Å². The molecule has 0 unspecified atom stereocenters. The van der Waals surface area contributed by atoms with E-state index in [1.54, 1.807) is 13.2 Å². The summed E-state index contributed by atoms with van der Waals surface area (Å²) in [6, 6.07) is 17.3. The van der Waals surface area contributed by atoms with Crippen LogP contribution in [0.2, 0.25) is 0 Å². The molecular formula is C26H27N3O2. The highest BCUT2D eigenvalue weighted by Crippen LogP contribution is 2.32. The number of amides is 1. The molecule has 0 fully saturated rings. The standard InChI is InChI=1S/C26H27N3O2/c1-18-14-21(17-26(2,3)16-18)28-29-24(20-8-6-5-7-9-20)27-23(25(29)30)15-19-10-12-22(31-4)13-11-19/h5-13,15-16H,14,17H2,1-4H3/b23-15+,28-21+. The Kier molecular flexibility index (Phi) is 5.59. The van der Waals surface area contributed by atoms with Crippen LogP contribution in [0.25, 0.3) is 6.08 Å². The number of amidine groups is 1. The molecule has 1 heterocycles. The topological polar surface area (TPSA) is 54.3 Å². The quantitative estimate of drug-likeness (QED) is 0.494. The highest BCUT2D eigenvalue weighted by Gasteiger charge is 2.33. The van der Waals surface area contributed by atoms with Gasteiger partial charge in [-0.3, -0.25) is 4.79 Å². The van der Waals surface area contributed by atoms with Gasteiger partial charge in [0, 0.05) is 17.7 Å². The molecule has 0 N–H and O–H groups in total. The van der Waals surface area contributed by atoms with Crippen molar-refractivity contribution in [1.29, 1.82) is 0 Å². The molecule has 0 aromatic heterocycles. The van der Waals surface area contributed by atoms with Crippen molar-refractivity contribution in [3.63, 3.8) is 0 Å². The molecule has 2 aromatic rings. The Hall–Kier alpha value is -3.47. The summed E-state index contributed by atoms with van der Waals surface area (Å²) in [6.45, 7) is 6.50. The van der Waals surface area contributed by atoms with E-state index in [1.165, 1.54) is 10.6 Å². The van der Waals surface area contributed by atoms with Crippen LogP contribution in [0.1, 0.15) is 44.7 Å². The summed E-state index contributed by atoms with van der Waals surface area (Å²) in [5.74, 6) is 1.11. The maximum Gasteiger partial charge on any atom is 0.298 e. The van der Waals surface area contributed by atoms with E-state index in [1.807, 2.05) is 54.6 Å². The van der Waals surface area contributed by atoms with Crippen LogP contribution in [-0.4, -0.2) is 29.6 Å². The molecule has 0 saturated carbocycles. The minimum absolute atomic E-state index is 0.0236. The molecule has 158 valence electrons. The van der Waals surface area contributed by atoms with Gasteiger partial charge in [-0.2, -0.15) is 10.1 Å². The van der Waals surface area contributed by atoms with Crippen molar-refractivity contribution >= 4 is 23.5 Å². The molecule has 4 rings (SSSR count). The molecule has 5 heteroatoms. The van der Waals surface area contributed by atoms with Crippen LogP contribution in [0, 0.1) is 5.41 Å². The van der Waals surface area contributed by atoms with Gasteiger partial charge in [-0.05, 0) is 42.5 Å². The second-order valence-corrected chi connectivity index (χ2v) is 8.72. The summed E-state index contributed by atoms with van der Waals surface area (Å²) >= 11 is 0. The molecule has 0 bridgehead atoms. The molecule has 1 aliphatic heterocycles. The average Bonchev–Trinajstić information content (AvgIpc) is 3.03. The molecule has 5 nitrogen and oxygen atoms in total. The predicted molar refractivity (Wildman–Crippen MR) is 125 cm³/mol. The van der Waals surface area contributed by atoms with Gasteiger partial charge in [0.15, 0.2) is 5.84 Å². The van der Waals surface area contributed by atoms with Crippen molar-refractivity contribution in [2.75, 3.05) is 7.11 Å². The third-order valence-electron chi connectivity index (χ3n) is 5.31. The molecule has 0 spiro atoms. The van der Waals surface area contributed by atoms with Crippen molar-refractivity contribution in [3.05, 3.63) is 83.1 Å². The van der Waals surface area contributed by atoms with Gasteiger partial charge in [-0.15, -0.1) is 0 Å². The number of carbonyl (C=O) groups is 1. The fourth-order valence-electron chi connectivity index (χ4n) is 4.12. The number of methoxy groups -OCH3 is 1. The molecule has 2 aromatic carbocycles. The van der Waals surface area contributed by atoms with Gasteiger partial charge in [0.2, 0.25) is 0 Å². The number of hydrazone groups is 1. The predicted octanol–water partition coefficient (Wildman–Crippen LogP) is 5.45. The maximum absolute atomic E-state index is 13.3. The Balaban J connectivity index is 1.73. The lowest BCUT2D eigenvalue weighted by Crippen LogP contribution is -2.31. The van der Waals surface area contributed by atoms with E-state index in [2.05, 4.69) is 31.8 Å². The molecule has 0 atom stereocenters. The fraction of sp³-hybridized carbons (Fsp3) is 0.269. The van der Waals surface area contributed by atoms with Gasteiger partial charge in [-0.1, -0.05) is 68.0 Å². The Morgan fingerprint density at radius 2 is 1.81 bits per heavy atom. The Morgan fingerprint density at radius 3 is 2.45 bits per heavy atom. The fourth-order valence-corrected chi connectivity index (χ4v) is 4.12. The van der Waals surface area contributed by atoms with Crippen LogP contribution in [-0.2, 0) is 4.79 Å². The van der Waals surface area contributed by atoms with Gasteiger partial charge < -0.3 is 4.74 Å². The maximum atomic E-state index is 13.3. The summed E-state index contributed by atoms with van der Waals surface area (Å²) in [4.78, 5) is 18.0. The first-order valence-electron chi connectivity index (χ1n) is 10.4. The number of allylic oxidation sites excluding steroid dienone is 2. The van der Waals surface area contributed by atoms with E-state index >= 15 is 0 Å². The first kappa shape index (κ1) is 20.8. The third-order valence-corrected chi connectivity index (χ3v) is 5.31. The SMILES string of the molecule is COc1ccc(/C=C2/N=C(c3ccccc3)N(/N=C3\CC(C)=CC(C)(C)C3)C2=O)cc1. The van der Waals surface area contributed by atoms with Crippen molar-refractivity contribution in [1.82, 2.24) is 5.01 Å². The summed E-state index contributed by atoms with van der Waals surface area (Å²) in [5.41, 5.74) is 4.40. The van der Waals surface area contributed by atoms with E-state index in [0.717, 1.165) is 35.4 Å². The highest BCUT2D eigenvalue weighted by molar-refractivity contribution is 6.20. The van der Waals surface area contributed by atoms with Crippen LogP contribution in [0.5, 0.6) is 5.75 Å². The number of rotatable bonds is 4. The number of hydrogen-bond acceptors (Lipinski definition) is 4. The summed E-state index contributed by atoms with van der Waals surface area (Å²) in [6.07, 6.45) is 5.67. The first-order chi connectivity index (χ1) is 14.8. The monoisotopic (exact) mass is 413 g/mol. The molecule has 0 radical (unpaired) electrons. The highest BCUT2D eigenvalue weighted by atomic mass is 16.5. The lowest BCUT2D eigenvalue weighted by molar-refractivity contribution is -0.122. The lowest BCUT2D eigenvalue weighted by atomic mass is 9.79. The summed E-state index contributed by atoms with van der Waals surface area (Å²) < 4.78 is 5.22. The zero-order valence-corrected chi connectivity index (χ0v) is 18.4. The molecule has 0 saturated heterocycles. The van der Waals surface area contributed by atoms with Gasteiger partial charge in [0.25, 0.3) is 5.91 Å². The van der Waals surface area contributed by atoms with Gasteiger partial charge in [0.05, 0.1) is 7.11 Å². The van der Waals surface area contributed by atoms with E-state index < -0.39 is 0 Å². The smallest absolute Gasteiger partial charge is 0.298 e. The Morgan fingerprint density at radius 1 is 1.10 bits per heavy atom. The van der Waals surface area contributed by atoms with Crippen molar-refractivity contribution in [2.24, 2.45) is 15.5 Å². The second-order valence-electron chi connectivity index (χ2n) is 8.72. The molecule has 1 aliphatic carbocycles. The van der Waals surface area contributed by atoms with E-state index in [-0.39, 0.29) is 11.3 Å². The normalized spacial score (nSPS) is 20.8. The van der Waals surface area contributed by atoms with E-state index in [4.69, 9.17) is 9.84 Å². The summed E-state index contributed by atoms with van der Waals surface area (Å²) in [7, 11) is 1.63. The minimum Gasteiger partial charge on any atom is -0.497 e. The minimum atomic E-state index is -0.216. The van der Waals surface area contributed by atoms with Gasteiger partial charge >= 0.3 is 0 Å². The lowest BCUT2D eigenvalue weighted by Gasteiger charge is -2.28. The average molecular weight is 414 g/mol. The van der Waals surface area contributed by atoms with E-state index in [0.29, 0.717) is 11.5 Å². The number of nitrogens with zero attached hydrogens (tertiary/aromatic N) is 3. The van der Waals surface area contributed by atoms with Gasteiger partial charge in [-0.25, -0.2) is 4.99 Å². The number of aliphatic imine (C=N–C) groups is 1. The molecule has 2 aliphatic rings. The third kappa shape index (κ3) is 4.66.